The zero-order chi connectivity index (χ0) is 7.11. The Hall–Kier alpha value is -0.620. The quantitative estimate of drug-likeness (QED) is 0.562. The zero-order valence-electron chi connectivity index (χ0n) is 5.39. The van der Waals surface area contributed by atoms with Gasteiger partial charge in [-0.15, -0.1) is 0 Å². The highest BCUT2D eigenvalue weighted by Gasteiger charge is 1.90. The molecule has 0 aliphatic heterocycles. The summed E-state index contributed by atoms with van der Waals surface area (Å²) in [6.45, 7) is 6.08. The zero-order valence-corrected chi connectivity index (χ0v) is 6.20. The lowest BCUT2D eigenvalue weighted by atomic mass is 10.9. The third-order valence-corrected chi connectivity index (χ3v) is 1.32. The van der Waals surface area contributed by atoms with Gasteiger partial charge in [0.05, 0.1) is 18.4 Å². The van der Waals surface area contributed by atoms with Crippen LogP contribution in [0.2, 0.25) is 0 Å². The van der Waals surface area contributed by atoms with E-state index in [-0.39, 0.29) is 0 Å². The first-order valence-electron chi connectivity index (χ1n) is 2.62. The molecule has 0 heterocycles. The summed E-state index contributed by atoms with van der Waals surface area (Å²) in [4.78, 5) is 0. The van der Waals surface area contributed by atoms with Crippen LogP contribution in [0.25, 0.3) is 0 Å². The highest BCUT2D eigenvalue weighted by atomic mass is 32.2. The second-order valence-electron chi connectivity index (χ2n) is 1.25. The van der Waals surface area contributed by atoms with E-state index in [9.17, 15) is 0 Å². The van der Waals surface area contributed by atoms with E-state index in [0.717, 1.165) is 0 Å². The van der Waals surface area contributed by atoms with E-state index < -0.39 is 0 Å². The Bertz CT molecular complexity index is 128. The lowest BCUT2D eigenvalue weighted by Gasteiger charge is -2.01. The van der Waals surface area contributed by atoms with Crippen LogP contribution in [0.15, 0.2) is 11.7 Å². The average molecular weight is 143 g/mol. The molecule has 0 amide bonds. The Labute approximate surface area is 59.5 Å². The van der Waals surface area contributed by atoms with Crippen LogP contribution in [-0.2, 0) is 4.74 Å². The van der Waals surface area contributed by atoms with Gasteiger partial charge in [0.2, 0.25) is 0 Å². The Morgan fingerprint density at radius 3 is 3.00 bits per heavy atom. The minimum Gasteiger partial charge on any atom is -0.488 e. The third-order valence-electron chi connectivity index (χ3n) is 0.603. The molecule has 0 bridgehead atoms. The number of thioether (sulfide) groups is 1. The van der Waals surface area contributed by atoms with Gasteiger partial charge >= 0.3 is 0 Å². The summed E-state index contributed by atoms with van der Waals surface area (Å²) in [6.07, 6.45) is 0. The normalized spacial score (nSPS) is 8.00. The van der Waals surface area contributed by atoms with Crippen molar-refractivity contribution in [3.05, 3.63) is 11.7 Å². The van der Waals surface area contributed by atoms with Crippen molar-refractivity contribution in [3.8, 4) is 6.07 Å². The van der Waals surface area contributed by atoms with E-state index in [2.05, 4.69) is 6.58 Å². The fourth-order valence-corrected chi connectivity index (χ4v) is 0.742. The second kappa shape index (κ2) is 5.52. The van der Waals surface area contributed by atoms with E-state index in [0.29, 0.717) is 17.5 Å². The molecule has 0 unspecified atom stereocenters. The molecule has 0 aromatic rings. The molecule has 0 N–H and O–H groups in total. The molecule has 9 heavy (non-hydrogen) atoms. The maximum atomic E-state index is 8.12. The standard InChI is InChI=1S/C6H9NOS/c1-3-8-6(2)9-5-4-7/h2-3,5H2,1H3. The topological polar surface area (TPSA) is 33.0 Å². The molecule has 0 saturated carbocycles. The Morgan fingerprint density at radius 1 is 1.89 bits per heavy atom. The van der Waals surface area contributed by atoms with Crippen LogP contribution in [0.4, 0.5) is 0 Å². The summed E-state index contributed by atoms with van der Waals surface area (Å²) < 4.78 is 4.96. The summed E-state index contributed by atoms with van der Waals surface area (Å²) in [5.41, 5.74) is 0. The Morgan fingerprint density at radius 2 is 2.56 bits per heavy atom. The van der Waals surface area contributed by atoms with Crippen LogP contribution in [0.5, 0.6) is 0 Å². The number of rotatable bonds is 4. The van der Waals surface area contributed by atoms with Gasteiger partial charge in [-0.1, -0.05) is 11.8 Å². The van der Waals surface area contributed by atoms with Crippen LogP contribution in [0.1, 0.15) is 6.92 Å². The predicted octanol–water partition coefficient (Wildman–Crippen LogP) is 1.75. The number of hydrogen-bond donors (Lipinski definition) is 0. The molecule has 3 heteroatoms. The maximum absolute atomic E-state index is 8.12. The molecule has 0 rings (SSSR count). The molecular formula is C6H9NOS. The van der Waals surface area contributed by atoms with Crippen LogP contribution in [0, 0.1) is 11.3 Å². The fraction of sp³-hybridized carbons (Fsp3) is 0.500. The molecule has 0 aromatic carbocycles. The first-order chi connectivity index (χ1) is 4.31. The van der Waals surface area contributed by atoms with Gasteiger partial charge < -0.3 is 4.74 Å². The minimum absolute atomic E-state index is 0.416. The van der Waals surface area contributed by atoms with E-state index in [1.54, 1.807) is 0 Å². The van der Waals surface area contributed by atoms with Crippen molar-refractivity contribution in [2.45, 2.75) is 6.92 Å². The smallest absolute Gasteiger partial charge is 0.147 e. The van der Waals surface area contributed by atoms with Crippen molar-refractivity contribution in [3.63, 3.8) is 0 Å². The molecule has 0 aliphatic carbocycles. The molecule has 0 atom stereocenters. The van der Waals surface area contributed by atoms with Gasteiger partial charge in [-0.2, -0.15) is 5.26 Å². The minimum atomic E-state index is 0.416. The fourth-order valence-electron chi connectivity index (χ4n) is 0.315. The molecule has 0 saturated heterocycles. The number of nitrogens with zero attached hydrogens (tertiary/aromatic N) is 1. The van der Waals surface area contributed by atoms with Crippen molar-refractivity contribution in [1.29, 1.82) is 5.26 Å². The van der Waals surface area contributed by atoms with E-state index in [1.165, 1.54) is 11.8 Å². The highest BCUT2D eigenvalue weighted by Crippen LogP contribution is 2.12. The molecule has 0 aromatic heterocycles. The molecule has 0 radical (unpaired) electrons. The van der Waals surface area contributed by atoms with Crippen molar-refractivity contribution in [1.82, 2.24) is 0 Å². The van der Waals surface area contributed by atoms with Crippen molar-refractivity contribution in [2.24, 2.45) is 0 Å². The van der Waals surface area contributed by atoms with Crippen LogP contribution in [-0.4, -0.2) is 12.4 Å². The largest absolute Gasteiger partial charge is 0.488 e. The molecule has 0 aliphatic rings. The van der Waals surface area contributed by atoms with E-state index in [4.69, 9.17) is 10.00 Å². The molecule has 50 valence electrons. The van der Waals surface area contributed by atoms with Gasteiger partial charge in [-0.25, -0.2) is 0 Å². The highest BCUT2D eigenvalue weighted by molar-refractivity contribution is 8.03. The number of ether oxygens (including phenoxy) is 1. The first kappa shape index (κ1) is 8.38. The number of hydrogen-bond acceptors (Lipinski definition) is 3. The van der Waals surface area contributed by atoms with Gasteiger partial charge in [-0.05, 0) is 13.5 Å². The van der Waals surface area contributed by atoms with Gasteiger partial charge in [0.25, 0.3) is 0 Å². The summed E-state index contributed by atoms with van der Waals surface area (Å²) in [5, 5.41) is 8.74. The SMILES string of the molecule is C=C(OCC)SCC#N. The van der Waals surface area contributed by atoms with Crippen molar-refractivity contribution < 1.29 is 4.74 Å². The van der Waals surface area contributed by atoms with Crippen molar-refractivity contribution in [2.75, 3.05) is 12.4 Å². The summed E-state index contributed by atoms with van der Waals surface area (Å²) >= 11 is 1.32. The van der Waals surface area contributed by atoms with Gasteiger partial charge in [0.15, 0.2) is 0 Å². The number of nitriles is 1. The second-order valence-corrected chi connectivity index (χ2v) is 2.28. The lowest BCUT2D eigenvalue weighted by Crippen LogP contribution is -1.85. The van der Waals surface area contributed by atoms with Gasteiger partial charge in [0, 0.05) is 0 Å². The monoisotopic (exact) mass is 143 g/mol. The maximum Gasteiger partial charge on any atom is 0.147 e. The third kappa shape index (κ3) is 5.25. The molecule has 2 nitrogen and oxygen atoms in total. The lowest BCUT2D eigenvalue weighted by molar-refractivity contribution is 0.259. The van der Waals surface area contributed by atoms with E-state index in [1.807, 2.05) is 13.0 Å². The van der Waals surface area contributed by atoms with Crippen LogP contribution < -0.4 is 0 Å². The molecular weight excluding hydrogens is 134 g/mol. The summed E-state index contributed by atoms with van der Waals surface area (Å²) in [6, 6.07) is 1.98. The molecule has 0 spiro atoms. The van der Waals surface area contributed by atoms with E-state index >= 15 is 0 Å². The summed E-state index contributed by atoms with van der Waals surface area (Å²) in [5.74, 6) is 0.416. The Kier molecular flexibility index (Phi) is 5.14. The molecule has 0 fully saturated rings. The average Bonchev–Trinajstić information content (AvgIpc) is 1.85. The predicted molar refractivity (Wildman–Crippen MR) is 38.8 cm³/mol. The Balaban J connectivity index is 3.19. The summed E-state index contributed by atoms with van der Waals surface area (Å²) in [7, 11) is 0. The van der Waals surface area contributed by atoms with Gasteiger partial charge in [0.1, 0.15) is 5.09 Å². The first-order valence-corrected chi connectivity index (χ1v) is 3.61. The van der Waals surface area contributed by atoms with Crippen molar-refractivity contribution >= 4 is 11.8 Å². The van der Waals surface area contributed by atoms with Crippen LogP contribution in [0.3, 0.4) is 0 Å². The van der Waals surface area contributed by atoms with Crippen LogP contribution >= 0.6 is 11.8 Å². The van der Waals surface area contributed by atoms with Gasteiger partial charge in [-0.3, -0.25) is 0 Å².